The summed E-state index contributed by atoms with van der Waals surface area (Å²) in [4.78, 5) is 23.9. The fourth-order valence-electron chi connectivity index (χ4n) is 3.07. The van der Waals surface area contributed by atoms with Crippen LogP contribution in [-0.4, -0.2) is 43.4 Å². The van der Waals surface area contributed by atoms with E-state index in [0.29, 0.717) is 37.3 Å². The number of carbonyl (C=O) groups excluding carboxylic acids is 1. The standard InChI is InChI=1S/C17H18N4O2S/c1-12-2-3-14(18-10-12)17(23)4-6-20(7-5-17)15(22)13-11-21-8-9-24-16(21)19-13/h2-3,8-11,23H,4-7H2,1H3. The Morgan fingerprint density at radius 1 is 1.33 bits per heavy atom. The first-order chi connectivity index (χ1) is 11.5. The Hall–Kier alpha value is -2.25. The van der Waals surface area contributed by atoms with Gasteiger partial charge in [-0.15, -0.1) is 11.3 Å². The Morgan fingerprint density at radius 2 is 2.12 bits per heavy atom. The third-order valence-corrected chi connectivity index (χ3v) is 5.35. The van der Waals surface area contributed by atoms with Crippen LogP contribution in [0.4, 0.5) is 0 Å². The first-order valence-corrected chi connectivity index (χ1v) is 8.80. The number of rotatable bonds is 2. The Balaban J connectivity index is 1.48. The number of aryl methyl sites for hydroxylation is 1. The maximum atomic E-state index is 12.6. The molecule has 1 saturated heterocycles. The van der Waals surface area contributed by atoms with E-state index in [-0.39, 0.29) is 5.91 Å². The lowest BCUT2D eigenvalue weighted by Gasteiger charge is -2.37. The SMILES string of the molecule is Cc1ccc(C2(O)CCN(C(=O)c3cn4ccsc4n3)CC2)nc1. The van der Waals surface area contributed by atoms with Gasteiger partial charge >= 0.3 is 0 Å². The highest BCUT2D eigenvalue weighted by atomic mass is 32.1. The van der Waals surface area contributed by atoms with Gasteiger partial charge in [-0.05, 0) is 31.4 Å². The molecule has 124 valence electrons. The summed E-state index contributed by atoms with van der Waals surface area (Å²) < 4.78 is 1.86. The molecule has 0 unspecified atom stereocenters. The van der Waals surface area contributed by atoms with Gasteiger partial charge in [0.25, 0.3) is 5.91 Å². The number of aliphatic hydroxyl groups is 1. The van der Waals surface area contributed by atoms with Crippen molar-refractivity contribution in [2.45, 2.75) is 25.4 Å². The number of piperidine rings is 1. The molecule has 0 saturated carbocycles. The highest BCUT2D eigenvalue weighted by molar-refractivity contribution is 7.15. The first kappa shape index (κ1) is 15.3. The number of amides is 1. The number of aromatic nitrogens is 3. The second kappa shape index (κ2) is 5.68. The summed E-state index contributed by atoms with van der Waals surface area (Å²) in [6.45, 7) is 2.96. The third-order valence-electron chi connectivity index (χ3n) is 4.58. The van der Waals surface area contributed by atoms with Gasteiger partial charge in [0.15, 0.2) is 4.96 Å². The lowest BCUT2D eigenvalue weighted by Crippen LogP contribution is -2.45. The van der Waals surface area contributed by atoms with E-state index in [1.807, 2.05) is 35.0 Å². The molecule has 0 spiro atoms. The van der Waals surface area contributed by atoms with Crippen LogP contribution in [0.1, 0.15) is 34.6 Å². The Labute approximate surface area is 143 Å². The molecular weight excluding hydrogens is 324 g/mol. The van der Waals surface area contributed by atoms with Gasteiger partial charge in [-0.25, -0.2) is 4.98 Å². The molecule has 24 heavy (non-hydrogen) atoms. The normalized spacial score (nSPS) is 17.3. The quantitative estimate of drug-likeness (QED) is 0.775. The molecule has 0 aliphatic carbocycles. The smallest absolute Gasteiger partial charge is 0.274 e. The zero-order chi connectivity index (χ0) is 16.7. The van der Waals surface area contributed by atoms with Crippen molar-refractivity contribution in [1.82, 2.24) is 19.3 Å². The van der Waals surface area contributed by atoms with E-state index in [9.17, 15) is 9.90 Å². The highest BCUT2D eigenvalue weighted by Crippen LogP contribution is 2.32. The van der Waals surface area contributed by atoms with Gasteiger partial charge in [0.1, 0.15) is 11.3 Å². The number of carbonyl (C=O) groups is 1. The van der Waals surface area contributed by atoms with E-state index in [1.165, 1.54) is 11.3 Å². The molecule has 1 fully saturated rings. The van der Waals surface area contributed by atoms with E-state index in [1.54, 1.807) is 17.3 Å². The molecule has 0 aromatic carbocycles. The molecule has 7 heteroatoms. The molecule has 1 aliphatic heterocycles. The number of thiazole rings is 1. The van der Waals surface area contributed by atoms with Crippen molar-refractivity contribution >= 4 is 22.2 Å². The summed E-state index contributed by atoms with van der Waals surface area (Å²) in [7, 11) is 0. The topological polar surface area (TPSA) is 70.7 Å². The van der Waals surface area contributed by atoms with Crippen LogP contribution >= 0.6 is 11.3 Å². The van der Waals surface area contributed by atoms with E-state index in [0.717, 1.165) is 10.5 Å². The monoisotopic (exact) mass is 342 g/mol. The van der Waals surface area contributed by atoms with Crippen molar-refractivity contribution in [1.29, 1.82) is 0 Å². The molecule has 3 aromatic heterocycles. The van der Waals surface area contributed by atoms with Crippen LogP contribution in [0.25, 0.3) is 4.96 Å². The number of hydrogen-bond donors (Lipinski definition) is 1. The zero-order valence-electron chi connectivity index (χ0n) is 13.3. The minimum absolute atomic E-state index is 0.0789. The number of hydrogen-bond acceptors (Lipinski definition) is 5. The molecule has 3 aromatic rings. The molecule has 0 bridgehead atoms. The summed E-state index contributed by atoms with van der Waals surface area (Å²) >= 11 is 1.50. The van der Waals surface area contributed by atoms with Crippen LogP contribution in [0, 0.1) is 6.92 Å². The number of imidazole rings is 1. The summed E-state index contributed by atoms with van der Waals surface area (Å²) in [6, 6.07) is 3.83. The number of likely N-dealkylation sites (tertiary alicyclic amines) is 1. The van der Waals surface area contributed by atoms with Crippen molar-refractivity contribution in [3.63, 3.8) is 0 Å². The van der Waals surface area contributed by atoms with Gasteiger partial charge in [0.2, 0.25) is 0 Å². The fourth-order valence-corrected chi connectivity index (χ4v) is 3.77. The molecule has 1 N–H and O–H groups in total. The van der Waals surface area contributed by atoms with Gasteiger partial charge in [0, 0.05) is 37.1 Å². The molecule has 1 aliphatic rings. The summed E-state index contributed by atoms with van der Waals surface area (Å²) in [5, 5.41) is 12.8. The van der Waals surface area contributed by atoms with Crippen LogP contribution in [0.2, 0.25) is 0 Å². The second-order valence-corrected chi connectivity index (χ2v) is 7.14. The average Bonchev–Trinajstić information content (AvgIpc) is 3.17. The minimum Gasteiger partial charge on any atom is -0.383 e. The molecule has 4 rings (SSSR count). The van der Waals surface area contributed by atoms with Gasteiger partial charge in [0.05, 0.1) is 5.69 Å². The van der Waals surface area contributed by atoms with Crippen LogP contribution in [0.5, 0.6) is 0 Å². The van der Waals surface area contributed by atoms with Crippen molar-refractivity contribution in [3.8, 4) is 0 Å². The van der Waals surface area contributed by atoms with Crippen molar-refractivity contribution in [2.75, 3.05) is 13.1 Å². The highest BCUT2D eigenvalue weighted by Gasteiger charge is 2.37. The van der Waals surface area contributed by atoms with Crippen LogP contribution in [-0.2, 0) is 5.60 Å². The summed E-state index contributed by atoms with van der Waals surface area (Å²) in [6.07, 6.45) is 6.38. The zero-order valence-corrected chi connectivity index (χ0v) is 14.2. The number of pyridine rings is 1. The minimum atomic E-state index is -0.959. The van der Waals surface area contributed by atoms with E-state index in [4.69, 9.17) is 0 Å². The molecule has 0 radical (unpaired) electrons. The third kappa shape index (κ3) is 2.59. The average molecular weight is 342 g/mol. The van der Waals surface area contributed by atoms with Crippen molar-refractivity contribution < 1.29 is 9.90 Å². The van der Waals surface area contributed by atoms with E-state index < -0.39 is 5.60 Å². The Kier molecular flexibility index (Phi) is 3.62. The van der Waals surface area contributed by atoms with Crippen molar-refractivity contribution in [2.24, 2.45) is 0 Å². The van der Waals surface area contributed by atoms with Crippen molar-refractivity contribution in [3.05, 3.63) is 53.1 Å². The maximum Gasteiger partial charge on any atom is 0.274 e. The largest absolute Gasteiger partial charge is 0.383 e. The Morgan fingerprint density at radius 3 is 2.79 bits per heavy atom. The van der Waals surface area contributed by atoms with Gasteiger partial charge in [-0.3, -0.25) is 14.2 Å². The second-order valence-electron chi connectivity index (χ2n) is 6.26. The van der Waals surface area contributed by atoms with E-state index >= 15 is 0 Å². The number of fused-ring (bicyclic) bond motifs is 1. The summed E-state index contributed by atoms with van der Waals surface area (Å²) in [5.74, 6) is -0.0789. The van der Waals surface area contributed by atoms with Gasteiger partial charge in [-0.1, -0.05) is 6.07 Å². The molecular formula is C17H18N4O2S. The van der Waals surface area contributed by atoms with E-state index in [2.05, 4.69) is 9.97 Å². The van der Waals surface area contributed by atoms with Crippen LogP contribution in [0.15, 0.2) is 36.1 Å². The molecule has 0 atom stereocenters. The number of nitrogens with zero attached hydrogens (tertiary/aromatic N) is 4. The lowest BCUT2D eigenvalue weighted by molar-refractivity contribution is -0.0245. The predicted molar refractivity (Wildman–Crippen MR) is 91.1 cm³/mol. The molecule has 6 nitrogen and oxygen atoms in total. The molecule has 1 amide bonds. The lowest BCUT2D eigenvalue weighted by atomic mass is 9.87. The van der Waals surface area contributed by atoms with Crippen LogP contribution < -0.4 is 0 Å². The molecule has 4 heterocycles. The van der Waals surface area contributed by atoms with Gasteiger partial charge in [-0.2, -0.15) is 0 Å². The fraction of sp³-hybridized carbons (Fsp3) is 0.353. The maximum absolute atomic E-state index is 12.6. The van der Waals surface area contributed by atoms with Gasteiger partial charge < -0.3 is 10.0 Å². The predicted octanol–water partition coefficient (Wildman–Crippen LogP) is 2.22. The van der Waals surface area contributed by atoms with Crippen LogP contribution in [0.3, 0.4) is 0 Å². The summed E-state index contributed by atoms with van der Waals surface area (Å²) in [5.41, 5.74) is 1.25. The first-order valence-electron chi connectivity index (χ1n) is 7.92. The Bertz CT molecular complexity index is 847.